The Labute approximate surface area is 126 Å². The summed E-state index contributed by atoms with van der Waals surface area (Å²) in [6, 6.07) is 0. The van der Waals surface area contributed by atoms with Crippen molar-refractivity contribution in [3.8, 4) is 0 Å². The van der Waals surface area contributed by atoms with Crippen LogP contribution in [0.25, 0.3) is 0 Å². The Hall–Kier alpha value is -1.10. The van der Waals surface area contributed by atoms with Crippen molar-refractivity contribution in [2.75, 3.05) is 13.2 Å². The number of carbonyl (C=O) groups is 2. The van der Waals surface area contributed by atoms with Crippen molar-refractivity contribution in [2.45, 2.75) is 64.4 Å². The molecule has 5 heteroatoms. The Morgan fingerprint density at radius 3 is 2.62 bits per heavy atom. The normalized spacial score (nSPS) is 28.2. The molecule has 2 fully saturated rings. The van der Waals surface area contributed by atoms with Gasteiger partial charge in [0.2, 0.25) is 5.91 Å². The topological polar surface area (TPSA) is 75.6 Å². The van der Waals surface area contributed by atoms with Gasteiger partial charge in [-0.1, -0.05) is 26.2 Å². The van der Waals surface area contributed by atoms with Gasteiger partial charge >= 0.3 is 5.97 Å². The van der Waals surface area contributed by atoms with Crippen molar-refractivity contribution in [2.24, 2.45) is 11.3 Å². The molecule has 1 saturated carbocycles. The molecule has 21 heavy (non-hydrogen) atoms. The molecule has 0 aromatic rings. The molecule has 1 saturated heterocycles. The van der Waals surface area contributed by atoms with Crippen molar-refractivity contribution in [1.29, 1.82) is 0 Å². The average Bonchev–Trinajstić information content (AvgIpc) is 2.93. The Balaban J connectivity index is 1.91. The maximum Gasteiger partial charge on any atom is 0.303 e. The van der Waals surface area contributed by atoms with Gasteiger partial charge in [-0.3, -0.25) is 9.59 Å². The van der Waals surface area contributed by atoms with Crippen LogP contribution in [0, 0.1) is 11.3 Å². The van der Waals surface area contributed by atoms with Gasteiger partial charge in [-0.2, -0.15) is 0 Å². The van der Waals surface area contributed by atoms with Crippen LogP contribution >= 0.6 is 0 Å². The Kier molecular flexibility index (Phi) is 5.62. The molecule has 0 bridgehead atoms. The van der Waals surface area contributed by atoms with E-state index in [1.54, 1.807) is 0 Å². The van der Waals surface area contributed by atoms with Gasteiger partial charge in [-0.15, -0.1) is 0 Å². The molecule has 120 valence electrons. The highest BCUT2D eigenvalue weighted by Gasteiger charge is 2.37. The summed E-state index contributed by atoms with van der Waals surface area (Å²) in [4.78, 5) is 23.5. The van der Waals surface area contributed by atoms with E-state index >= 15 is 0 Å². The molecule has 5 nitrogen and oxygen atoms in total. The lowest BCUT2D eigenvalue weighted by atomic mass is 9.71. The van der Waals surface area contributed by atoms with Crippen LogP contribution in [-0.4, -0.2) is 36.2 Å². The Bertz CT molecular complexity index is 376. The van der Waals surface area contributed by atoms with Gasteiger partial charge in [-0.05, 0) is 31.1 Å². The second-order valence-electron chi connectivity index (χ2n) is 6.56. The maximum absolute atomic E-state index is 12.3. The standard InChI is InChI=1S/C16H27NO4/c1-2-13-12(6-9-21-13)15(20)17-11-16(10-14(18)19)7-4-3-5-8-16/h12-13H,2-11H2,1H3,(H,17,20)(H,18,19). The quantitative estimate of drug-likeness (QED) is 0.789. The Morgan fingerprint density at radius 1 is 1.29 bits per heavy atom. The van der Waals surface area contributed by atoms with Crippen molar-refractivity contribution in [1.82, 2.24) is 5.32 Å². The summed E-state index contributed by atoms with van der Waals surface area (Å²) in [6.45, 7) is 3.17. The predicted molar refractivity (Wildman–Crippen MR) is 78.9 cm³/mol. The van der Waals surface area contributed by atoms with Gasteiger partial charge in [0, 0.05) is 13.2 Å². The largest absolute Gasteiger partial charge is 0.481 e. The molecule has 0 spiro atoms. The van der Waals surface area contributed by atoms with Crippen molar-refractivity contribution in [3.63, 3.8) is 0 Å². The second-order valence-corrected chi connectivity index (χ2v) is 6.56. The number of ether oxygens (including phenoxy) is 1. The van der Waals surface area contributed by atoms with Crippen LogP contribution in [0.3, 0.4) is 0 Å². The Morgan fingerprint density at radius 2 is 2.00 bits per heavy atom. The third-order valence-corrected chi connectivity index (χ3v) is 5.03. The molecule has 2 rings (SSSR count). The van der Waals surface area contributed by atoms with Crippen molar-refractivity contribution < 1.29 is 19.4 Å². The minimum atomic E-state index is -0.762. The van der Waals surface area contributed by atoms with E-state index in [9.17, 15) is 9.59 Å². The van der Waals surface area contributed by atoms with Gasteiger partial charge in [0.15, 0.2) is 0 Å². The number of rotatable bonds is 6. The number of aliphatic carboxylic acids is 1. The highest BCUT2D eigenvalue weighted by Crippen LogP contribution is 2.39. The summed E-state index contributed by atoms with van der Waals surface area (Å²) in [5.74, 6) is -0.795. The number of carbonyl (C=O) groups excluding carboxylic acids is 1. The third kappa shape index (κ3) is 4.19. The van der Waals surface area contributed by atoms with Crippen LogP contribution in [0.5, 0.6) is 0 Å². The first kappa shape index (κ1) is 16.3. The zero-order valence-electron chi connectivity index (χ0n) is 12.9. The zero-order valence-corrected chi connectivity index (χ0v) is 12.9. The first-order valence-electron chi connectivity index (χ1n) is 8.17. The molecule has 1 heterocycles. The van der Waals surface area contributed by atoms with Gasteiger partial charge in [0.1, 0.15) is 0 Å². The van der Waals surface area contributed by atoms with E-state index in [2.05, 4.69) is 5.32 Å². The SMILES string of the molecule is CCC1OCCC1C(=O)NCC1(CC(=O)O)CCCCC1. The van der Waals surface area contributed by atoms with Crippen LogP contribution in [-0.2, 0) is 14.3 Å². The highest BCUT2D eigenvalue weighted by molar-refractivity contribution is 5.79. The van der Waals surface area contributed by atoms with Crippen LogP contribution in [0.4, 0.5) is 0 Å². The lowest BCUT2D eigenvalue weighted by Crippen LogP contribution is -2.43. The molecular weight excluding hydrogens is 270 g/mol. The summed E-state index contributed by atoms with van der Waals surface area (Å²) in [7, 11) is 0. The highest BCUT2D eigenvalue weighted by atomic mass is 16.5. The van der Waals surface area contributed by atoms with Gasteiger partial charge in [-0.25, -0.2) is 0 Å². The van der Waals surface area contributed by atoms with E-state index in [0.29, 0.717) is 13.2 Å². The fourth-order valence-corrected chi connectivity index (χ4v) is 3.80. The summed E-state index contributed by atoms with van der Waals surface area (Å²) in [5.41, 5.74) is -0.249. The molecule has 0 radical (unpaired) electrons. The molecule has 2 atom stereocenters. The second kappa shape index (κ2) is 7.25. The number of nitrogens with one attached hydrogen (secondary N) is 1. The number of carboxylic acid groups (broad SMARTS) is 1. The molecule has 1 aliphatic carbocycles. The molecule has 0 aromatic carbocycles. The summed E-state index contributed by atoms with van der Waals surface area (Å²) < 4.78 is 5.56. The number of hydrogen-bond acceptors (Lipinski definition) is 3. The summed E-state index contributed by atoms with van der Waals surface area (Å²) >= 11 is 0. The van der Waals surface area contributed by atoms with E-state index in [1.807, 2.05) is 6.92 Å². The first-order valence-corrected chi connectivity index (χ1v) is 8.17. The van der Waals surface area contributed by atoms with Crippen molar-refractivity contribution in [3.05, 3.63) is 0 Å². The number of hydrogen-bond donors (Lipinski definition) is 2. The van der Waals surface area contributed by atoms with E-state index in [1.165, 1.54) is 6.42 Å². The first-order chi connectivity index (χ1) is 10.1. The lowest BCUT2D eigenvalue weighted by Gasteiger charge is -2.36. The fraction of sp³-hybridized carbons (Fsp3) is 0.875. The monoisotopic (exact) mass is 297 g/mol. The van der Waals surface area contributed by atoms with Crippen molar-refractivity contribution >= 4 is 11.9 Å². The molecule has 2 aliphatic rings. The molecule has 2 unspecified atom stereocenters. The van der Waals surface area contributed by atoms with Crippen LogP contribution in [0.2, 0.25) is 0 Å². The third-order valence-electron chi connectivity index (χ3n) is 5.03. The molecular formula is C16H27NO4. The van der Waals surface area contributed by atoms with Crippen LogP contribution in [0.1, 0.15) is 58.3 Å². The molecule has 1 aliphatic heterocycles. The maximum atomic E-state index is 12.3. The average molecular weight is 297 g/mol. The molecule has 0 aromatic heterocycles. The predicted octanol–water partition coefficient (Wildman–Crippen LogP) is 2.34. The number of carboxylic acids is 1. The van der Waals surface area contributed by atoms with E-state index in [4.69, 9.17) is 9.84 Å². The lowest BCUT2D eigenvalue weighted by molar-refractivity contribution is -0.141. The smallest absolute Gasteiger partial charge is 0.303 e. The summed E-state index contributed by atoms with van der Waals surface area (Å²) in [5, 5.41) is 12.2. The zero-order chi connectivity index (χ0) is 15.3. The van der Waals surface area contributed by atoms with Crippen LogP contribution < -0.4 is 5.32 Å². The minimum Gasteiger partial charge on any atom is -0.481 e. The van der Waals surface area contributed by atoms with E-state index in [-0.39, 0.29) is 29.8 Å². The van der Waals surface area contributed by atoms with E-state index in [0.717, 1.165) is 38.5 Å². The fourth-order valence-electron chi connectivity index (χ4n) is 3.80. The molecule has 2 N–H and O–H groups in total. The molecule has 1 amide bonds. The number of amides is 1. The van der Waals surface area contributed by atoms with Crippen LogP contribution in [0.15, 0.2) is 0 Å². The van der Waals surface area contributed by atoms with Gasteiger partial charge in [0.05, 0.1) is 18.4 Å². The minimum absolute atomic E-state index is 0.0202. The summed E-state index contributed by atoms with van der Waals surface area (Å²) in [6.07, 6.45) is 6.90. The van der Waals surface area contributed by atoms with E-state index < -0.39 is 5.97 Å². The van der Waals surface area contributed by atoms with Gasteiger partial charge in [0.25, 0.3) is 0 Å². The van der Waals surface area contributed by atoms with Gasteiger partial charge < -0.3 is 15.2 Å².